The Kier molecular flexibility index (Phi) is 7.38. The van der Waals surface area contributed by atoms with Crippen LogP contribution in [0.25, 0.3) is 0 Å². The van der Waals surface area contributed by atoms with E-state index in [2.05, 4.69) is 33.3 Å². The van der Waals surface area contributed by atoms with E-state index < -0.39 is 11.3 Å². The largest absolute Gasteiger partial charge is 0.343 e. The van der Waals surface area contributed by atoms with Gasteiger partial charge in [0.1, 0.15) is 11.5 Å². The number of likely N-dealkylation sites (tertiary alicyclic amines) is 1. The summed E-state index contributed by atoms with van der Waals surface area (Å²) in [4.78, 5) is 30.9. The van der Waals surface area contributed by atoms with Gasteiger partial charge in [0.05, 0.1) is 29.2 Å². The minimum atomic E-state index is -0.746. The number of aromatic nitrogens is 3. The second kappa shape index (κ2) is 10.6. The van der Waals surface area contributed by atoms with Gasteiger partial charge < -0.3 is 10.2 Å². The van der Waals surface area contributed by atoms with Crippen molar-refractivity contribution in [2.24, 2.45) is 5.41 Å². The summed E-state index contributed by atoms with van der Waals surface area (Å²) in [5.41, 5.74) is 1.79. The lowest BCUT2D eigenvalue weighted by Gasteiger charge is -2.36. The minimum Gasteiger partial charge on any atom is -0.343 e. The molecule has 1 saturated heterocycles. The summed E-state index contributed by atoms with van der Waals surface area (Å²) < 4.78 is 1.47. The van der Waals surface area contributed by atoms with Crippen LogP contribution in [0.5, 0.6) is 0 Å². The summed E-state index contributed by atoms with van der Waals surface area (Å²) in [6, 6.07) is 13.9. The van der Waals surface area contributed by atoms with E-state index in [1.165, 1.54) is 17.8 Å². The van der Waals surface area contributed by atoms with E-state index in [0.29, 0.717) is 31.7 Å². The number of amides is 2. The summed E-state index contributed by atoms with van der Waals surface area (Å²) in [5, 5.41) is 17.2. The fourth-order valence-corrected chi connectivity index (χ4v) is 4.38. The molecule has 2 amide bonds. The van der Waals surface area contributed by atoms with Crippen molar-refractivity contribution in [2.75, 3.05) is 18.4 Å². The molecule has 0 spiro atoms. The minimum absolute atomic E-state index is 0.0105. The molecule has 4 rings (SSSR count). The summed E-state index contributed by atoms with van der Waals surface area (Å²) in [6.07, 6.45) is 3.99. The average Bonchev–Trinajstić information content (AvgIpc) is 3.24. The van der Waals surface area contributed by atoms with Crippen LogP contribution in [0.1, 0.15) is 46.9 Å². The number of nitriles is 1. The number of hydrogen-bond donors (Lipinski definition) is 1. The Morgan fingerprint density at radius 1 is 1.14 bits per heavy atom. The molecule has 1 aliphatic heterocycles. The molecule has 8 nitrogen and oxygen atoms in total. The van der Waals surface area contributed by atoms with E-state index in [4.69, 9.17) is 11.6 Å². The van der Waals surface area contributed by atoms with Gasteiger partial charge in [-0.1, -0.05) is 41.6 Å². The Bertz CT molecular complexity index is 1390. The van der Waals surface area contributed by atoms with E-state index in [9.17, 15) is 14.9 Å². The first-order valence-corrected chi connectivity index (χ1v) is 11.9. The monoisotopic (exact) mass is 500 g/mol. The van der Waals surface area contributed by atoms with Crippen molar-refractivity contribution >= 4 is 29.2 Å². The summed E-state index contributed by atoms with van der Waals surface area (Å²) in [7, 11) is 0. The van der Waals surface area contributed by atoms with E-state index in [1.807, 2.05) is 43.3 Å². The highest BCUT2D eigenvalue weighted by atomic mass is 35.5. The second-order valence-corrected chi connectivity index (χ2v) is 9.26. The predicted octanol–water partition coefficient (Wildman–Crippen LogP) is 4.04. The number of pyridine rings is 1. The van der Waals surface area contributed by atoms with Crippen LogP contribution in [0.3, 0.4) is 0 Å². The lowest BCUT2D eigenvalue weighted by atomic mass is 9.79. The molecular formula is C27H25ClN6O2. The fourth-order valence-electron chi connectivity index (χ4n) is 4.16. The number of carbonyl (C=O) groups excluding carboxylic acids is 2. The van der Waals surface area contributed by atoms with Crippen LogP contribution in [0.2, 0.25) is 5.02 Å². The zero-order valence-electron chi connectivity index (χ0n) is 20.1. The molecule has 0 saturated carbocycles. The van der Waals surface area contributed by atoms with Crippen LogP contribution in [0, 0.1) is 35.5 Å². The number of hydrogen-bond acceptors (Lipinski definition) is 5. The van der Waals surface area contributed by atoms with E-state index in [0.717, 1.165) is 16.7 Å². The Labute approximate surface area is 214 Å². The van der Waals surface area contributed by atoms with Crippen molar-refractivity contribution < 1.29 is 9.59 Å². The van der Waals surface area contributed by atoms with Crippen molar-refractivity contribution in [1.82, 2.24) is 19.7 Å². The molecule has 2 aromatic heterocycles. The third-order valence-corrected chi connectivity index (χ3v) is 6.58. The van der Waals surface area contributed by atoms with Crippen LogP contribution in [-0.2, 0) is 11.3 Å². The molecule has 1 aromatic carbocycles. The molecule has 0 bridgehead atoms. The standard InChI is InChI=1S/C27H25ClN6O2/c1-19-14-22(9-8-21-6-4-3-5-7-21)15-30-25(19)32-26(36)24-23(28)16-31-34(24)18-27(17-29)10-12-33(13-11-27)20(2)35/h3-7,14-16H,10-13,18H2,1-2H3,(H,30,32,36). The van der Waals surface area contributed by atoms with Crippen LogP contribution in [-0.4, -0.2) is 44.6 Å². The van der Waals surface area contributed by atoms with Crippen LogP contribution in [0.15, 0.2) is 48.8 Å². The molecule has 0 atom stereocenters. The third kappa shape index (κ3) is 5.56. The van der Waals surface area contributed by atoms with Gasteiger partial charge in [0.25, 0.3) is 5.91 Å². The molecule has 9 heteroatoms. The van der Waals surface area contributed by atoms with Gasteiger partial charge in [0.2, 0.25) is 5.91 Å². The van der Waals surface area contributed by atoms with Crippen molar-refractivity contribution in [3.63, 3.8) is 0 Å². The number of halogens is 1. The molecule has 182 valence electrons. The molecular weight excluding hydrogens is 476 g/mol. The fraction of sp³-hybridized carbons (Fsp3) is 0.296. The van der Waals surface area contributed by atoms with Crippen LogP contribution in [0.4, 0.5) is 5.82 Å². The molecule has 0 unspecified atom stereocenters. The highest BCUT2D eigenvalue weighted by molar-refractivity contribution is 6.34. The first-order chi connectivity index (χ1) is 17.3. The zero-order valence-corrected chi connectivity index (χ0v) is 20.8. The maximum Gasteiger partial charge on any atom is 0.276 e. The molecule has 0 aliphatic carbocycles. The lowest BCUT2D eigenvalue weighted by Crippen LogP contribution is -2.43. The second-order valence-electron chi connectivity index (χ2n) is 8.86. The van der Waals surface area contributed by atoms with Crippen molar-refractivity contribution in [3.05, 3.63) is 76.2 Å². The van der Waals surface area contributed by atoms with Crippen molar-refractivity contribution in [1.29, 1.82) is 5.26 Å². The van der Waals surface area contributed by atoms with Gasteiger partial charge in [-0.15, -0.1) is 0 Å². The Morgan fingerprint density at radius 2 is 1.83 bits per heavy atom. The van der Waals surface area contributed by atoms with E-state index in [1.54, 1.807) is 11.1 Å². The third-order valence-electron chi connectivity index (χ3n) is 6.30. The van der Waals surface area contributed by atoms with Crippen LogP contribution >= 0.6 is 11.6 Å². The number of aryl methyl sites for hydroxylation is 1. The maximum absolute atomic E-state index is 13.2. The van der Waals surface area contributed by atoms with Gasteiger partial charge in [-0.25, -0.2) is 4.98 Å². The first-order valence-electron chi connectivity index (χ1n) is 11.5. The molecule has 1 N–H and O–H groups in total. The Morgan fingerprint density at radius 3 is 2.47 bits per heavy atom. The smallest absolute Gasteiger partial charge is 0.276 e. The van der Waals surface area contributed by atoms with Crippen LogP contribution < -0.4 is 5.32 Å². The van der Waals surface area contributed by atoms with Gasteiger partial charge in [0, 0.05) is 37.3 Å². The SMILES string of the molecule is CC(=O)N1CCC(C#N)(Cn2ncc(Cl)c2C(=O)Nc2ncc(C#Cc3ccccc3)cc2C)CC1. The highest BCUT2D eigenvalue weighted by Crippen LogP contribution is 2.34. The van der Waals surface area contributed by atoms with Gasteiger partial charge in [-0.05, 0) is 43.5 Å². The lowest BCUT2D eigenvalue weighted by molar-refractivity contribution is -0.130. The number of benzene rings is 1. The topological polar surface area (TPSA) is 104 Å². The summed E-state index contributed by atoms with van der Waals surface area (Å²) >= 11 is 6.32. The zero-order chi connectivity index (χ0) is 25.7. The highest BCUT2D eigenvalue weighted by Gasteiger charge is 2.37. The van der Waals surface area contributed by atoms with Crippen molar-refractivity contribution in [2.45, 2.75) is 33.2 Å². The average molecular weight is 501 g/mol. The summed E-state index contributed by atoms with van der Waals surface area (Å²) in [5.74, 6) is 6.08. The molecule has 1 aliphatic rings. The van der Waals surface area contributed by atoms with Gasteiger partial charge >= 0.3 is 0 Å². The Balaban J connectivity index is 1.49. The number of piperidine rings is 1. The number of nitrogens with zero attached hydrogens (tertiary/aromatic N) is 5. The Hall–Kier alpha value is -4.14. The van der Waals surface area contributed by atoms with E-state index in [-0.39, 0.29) is 23.2 Å². The molecule has 3 aromatic rings. The number of rotatable bonds is 4. The summed E-state index contributed by atoms with van der Waals surface area (Å²) in [6.45, 7) is 4.53. The number of nitrogens with one attached hydrogen (secondary N) is 1. The maximum atomic E-state index is 13.2. The molecule has 1 fully saturated rings. The number of carbonyl (C=O) groups is 2. The normalized spacial score (nSPS) is 14.3. The van der Waals surface area contributed by atoms with Crippen molar-refractivity contribution in [3.8, 4) is 17.9 Å². The quantitative estimate of drug-likeness (QED) is 0.544. The van der Waals surface area contributed by atoms with E-state index >= 15 is 0 Å². The molecule has 3 heterocycles. The first kappa shape index (κ1) is 25.0. The molecule has 0 radical (unpaired) electrons. The molecule has 36 heavy (non-hydrogen) atoms. The van der Waals surface area contributed by atoms with Gasteiger partial charge in [-0.2, -0.15) is 10.4 Å². The predicted molar refractivity (Wildman–Crippen MR) is 136 cm³/mol. The number of anilines is 1. The van der Waals surface area contributed by atoms with Gasteiger partial charge in [-0.3, -0.25) is 14.3 Å². The van der Waals surface area contributed by atoms with Gasteiger partial charge in [0.15, 0.2) is 0 Å².